The van der Waals surface area contributed by atoms with Gasteiger partial charge in [0.15, 0.2) is 0 Å². The standard InChI is InChI=1S/C21H25F3N4O3S/c1-20(2)7-4-9-28(10-8-20)18-17(11-14(13-26-18)21(22,23)24)19(29)27-15-5-3-6-16(12-15)32(25,30)31/h3,5-6,11-13H,4,7-10H2,1-2H3,(H,27,29)(H2,25,30,31). The molecule has 0 saturated carbocycles. The average Bonchev–Trinajstić information content (AvgIpc) is 2.87. The minimum Gasteiger partial charge on any atom is -0.356 e. The van der Waals surface area contributed by atoms with Crippen LogP contribution in [0.15, 0.2) is 41.4 Å². The number of sulfonamides is 1. The summed E-state index contributed by atoms with van der Waals surface area (Å²) in [7, 11) is -4.01. The first-order chi connectivity index (χ1) is 14.8. The number of halogens is 3. The maximum atomic E-state index is 13.3. The van der Waals surface area contributed by atoms with Crippen molar-refractivity contribution >= 4 is 27.4 Å². The van der Waals surface area contributed by atoms with Crippen molar-refractivity contribution in [2.75, 3.05) is 23.3 Å². The van der Waals surface area contributed by atoms with Gasteiger partial charge in [-0.15, -0.1) is 0 Å². The Morgan fingerprint density at radius 2 is 1.91 bits per heavy atom. The SMILES string of the molecule is CC1(C)CCCN(c2ncc(C(F)(F)F)cc2C(=O)Nc2cccc(S(N)(=O)=O)c2)CC1. The summed E-state index contributed by atoms with van der Waals surface area (Å²) in [5, 5.41) is 7.58. The molecule has 0 unspecified atom stereocenters. The Labute approximate surface area is 184 Å². The molecule has 1 fully saturated rings. The van der Waals surface area contributed by atoms with E-state index >= 15 is 0 Å². The van der Waals surface area contributed by atoms with Crippen molar-refractivity contribution in [3.8, 4) is 0 Å². The molecule has 174 valence electrons. The van der Waals surface area contributed by atoms with Crippen molar-refractivity contribution in [1.29, 1.82) is 0 Å². The van der Waals surface area contributed by atoms with Gasteiger partial charge < -0.3 is 10.2 Å². The number of benzene rings is 1. The van der Waals surface area contributed by atoms with E-state index in [9.17, 15) is 26.4 Å². The van der Waals surface area contributed by atoms with E-state index in [1.807, 2.05) is 4.90 Å². The van der Waals surface area contributed by atoms with Gasteiger partial charge in [0.25, 0.3) is 5.91 Å². The Morgan fingerprint density at radius 1 is 1.19 bits per heavy atom. The molecule has 1 aliphatic rings. The summed E-state index contributed by atoms with van der Waals surface area (Å²) in [6.07, 6.45) is -1.38. The number of hydrogen-bond donors (Lipinski definition) is 2. The van der Waals surface area contributed by atoms with Gasteiger partial charge in [-0.1, -0.05) is 19.9 Å². The number of primary sulfonamides is 1. The van der Waals surface area contributed by atoms with E-state index in [-0.39, 0.29) is 27.4 Å². The van der Waals surface area contributed by atoms with Gasteiger partial charge in [-0.2, -0.15) is 13.2 Å². The summed E-state index contributed by atoms with van der Waals surface area (Å²) >= 11 is 0. The number of aromatic nitrogens is 1. The number of anilines is 2. The molecular weight excluding hydrogens is 445 g/mol. The van der Waals surface area contributed by atoms with E-state index in [2.05, 4.69) is 24.1 Å². The van der Waals surface area contributed by atoms with E-state index < -0.39 is 27.7 Å². The minimum absolute atomic E-state index is 0.0806. The van der Waals surface area contributed by atoms with Crippen molar-refractivity contribution in [2.24, 2.45) is 10.6 Å². The largest absolute Gasteiger partial charge is 0.417 e. The second-order valence-corrected chi connectivity index (χ2v) is 10.2. The van der Waals surface area contributed by atoms with Crippen LogP contribution in [-0.2, 0) is 16.2 Å². The second kappa shape index (κ2) is 8.70. The summed E-state index contributed by atoms with van der Waals surface area (Å²) in [6.45, 7) is 5.36. The summed E-state index contributed by atoms with van der Waals surface area (Å²) in [4.78, 5) is 18.6. The fourth-order valence-corrected chi connectivity index (χ4v) is 4.18. The molecule has 3 N–H and O–H groups in total. The van der Waals surface area contributed by atoms with Gasteiger partial charge in [-0.3, -0.25) is 4.79 Å². The number of hydrogen-bond acceptors (Lipinski definition) is 5. The molecule has 2 heterocycles. The van der Waals surface area contributed by atoms with Gasteiger partial charge in [0.1, 0.15) is 5.82 Å². The highest BCUT2D eigenvalue weighted by atomic mass is 32.2. The van der Waals surface area contributed by atoms with E-state index in [1.54, 1.807) is 0 Å². The Morgan fingerprint density at radius 3 is 2.56 bits per heavy atom. The van der Waals surface area contributed by atoms with Crippen molar-refractivity contribution < 1.29 is 26.4 Å². The van der Waals surface area contributed by atoms with Crippen LogP contribution in [0.4, 0.5) is 24.7 Å². The Balaban J connectivity index is 1.98. The average molecular weight is 471 g/mol. The van der Waals surface area contributed by atoms with Gasteiger partial charge in [0.05, 0.1) is 16.0 Å². The predicted octanol–water partition coefficient (Wildman–Crippen LogP) is 4.02. The lowest BCUT2D eigenvalue weighted by Gasteiger charge is -2.26. The highest BCUT2D eigenvalue weighted by Crippen LogP contribution is 2.35. The fraction of sp³-hybridized carbons (Fsp3) is 0.429. The third-order valence-corrected chi connectivity index (χ3v) is 6.41. The number of nitrogens with zero attached hydrogens (tertiary/aromatic N) is 2. The first-order valence-corrected chi connectivity index (χ1v) is 11.6. The lowest BCUT2D eigenvalue weighted by atomic mass is 9.85. The first kappa shape index (κ1) is 24.0. The molecule has 1 aromatic carbocycles. The number of carbonyl (C=O) groups is 1. The summed E-state index contributed by atoms with van der Waals surface area (Å²) in [5.41, 5.74) is -1.11. The van der Waals surface area contributed by atoms with E-state index in [1.165, 1.54) is 18.2 Å². The summed E-state index contributed by atoms with van der Waals surface area (Å²) in [6, 6.07) is 5.96. The minimum atomic E-state index is -4.67. The van der Waals surface area contributed by atoms with Gasteiger partial charge in [0, 0.05) is 25.0 Å². The monoisotopic (exact) mass is 470 g/mol. The normalized spacial score (nSPS) is 17.0. The molecule has 1 saturated heterocycles. The molecule has 1 aliphatic heterocycles. The molecular formula is C21H25F3N4O3S. The molecule has 11 heteroatoms. The van der Waals surface area contributed by atoms with Crippen LogP contribution in [-0.4, -0.2) is 32.4 Å². The van der Waals surface area contributed by atoms with Crippen molar-refractivity contribution in [3.05, 3.63) is 47.7 Å². The van der Waals surface area contributed by atoms with Crippen LogP contribution in [0.1, 0.15) is 49.0 Å². The number of alkyl halides is 3. The zero-order valence-corrected chi connectivity index (χ0v) is 18.6. The third kappa shape index (κ3) is 5.77. The maximum Gasteiger partial charge on any atom is 0.417 e. The molecule has 0 radical (unpaired) electrons. The van der Waals surface area contributed by atoms with Gasteiger partial charge in [-0.25, -0.2) is 18.5 Å². The van der Waals surface area contributed by atoms with E-state index in [0.29, 0.717) is 13.1 Å². The molecule has 1 amide bonds. The molecule has 2 aromatic rings. The quantitative estimate of drug-likeness (QED) is 0.702. The Hall–Kier alpha value is -2.66. The molecule has 0 aliphatic carbocycles. The number of pyridine rings is 1. The zero-order valence-electron chi connectivity index (χ0n) is 17.7. The topological polar surface area (TPSA) is 105 Å². The molecule has 0 spiro atoms. The summed E-state index contributed by atoms with van der Waals surface area (Å²) < 4.78 is 63.1. The van der Waals surface area contributed by atoms with E-state index in [4.69, 9.17) is 5.14 Å². The molecule has 3 rings (SSSR count). The van der Waals surface area contributed by atoms with Crippen LogP contribution < -0.4 is 15.4 Å². The zero-order chi connectivity index (χ0) is 23.7. The Bertz CT molecular complexity index is 1120. The predicted molar refractivity (Wildman–Crippen MR) is 115 cm³/mol. The van der Waals surface area contributed by atoms with E-state index in [0.717, 1.165) is 37.6 Å². The highest BCUT2D eigenvalue weighted by molar-refractivity contribution is 7.89. The van der Waals surface area contributed by atoms with Crippen molar-refractivity contribution in [2.45, 2.75) is 44.2 Å². The molecule has 32 heavy (non-hydrogen) atoms. The lowest BCUT2D eigenvalue weighted by Crippen LogP contribution is -2.29. The van der Waals surface area contributed by atoms with Crippen LogP contribution in [0.2, 0.25) is 0 Å². The van der Waals surface area contributed by atoms with Crippen molar-refractivity contribution in [1.82, 2.24) is 4.98 Å². The van der Waals surface area contributed by atoms with Crippen LogP contribution in [0, 0.1) is 5.41 Å². The highest BCUT2D eigenvalue weighted by Gasteiger charge is 2.34. The van der Waals surface area contributed by atoms with Crippen LogP contribution >= 0.6 is 0 Å². The number of rotatable bonds is 4. The smallest absolute Gasteiger partial charge is 0.356 e. The number of amides is 1. The lowest BCUT2D eigenvalue weighted by molar-refractivity contribution is -0.137. The second-order valence-electron chi connectivity index (χ2n) is 8.62. The van der Waals surface area contributed by atoms with Gasteiger partial charge in [-0.05, 0) is 48.9 Å². The van der Waals surface area contributed by atoms with Crippen molar-refractivity contribution in [3.63, 3.8) is 0 Å². The molecule has 0 bridgehead atoms. The first-order valence-electron chi connectivity index (χ1n) is 10.0. The molecule has 7 nitrogen and oxygen atoms in total. The Kier molecular flexibility index (Phi) is 6.52. The van der Waals surface area contributed by atoms with Gasteiger partial charge in [0.2, 0.25) is 10.0 Å². The van der Waals surface area contributed by atoms with Gasteiger partial charge >= 0.3 is 6.18 Å². The third-order valence-electron chi connectivity index (χ3n) is 5.50. The van der Waals surface area contributed by atoms with Crippen LogP contribution in [0.25, 0.3) is 0 Å². The number of nitrogens with two attached hydrogens (primary N) is 1. The number of carbonyl (C=O) groups excluding carboxylic acids is 1. The van der Waals surface area contributed by atoms with Crippen LogP contribution in [0.5, 0.6) is 0 Å². The number of nitrogens with one attached hydrogen (secondary N) is 1. The maximum absolute atomic E-state index is 13.3. The van der Waals surface area contributed by atoms with Crippen LogP contribution in [0.3, 0.4) is 0 Å². The molecule has 0 atom stereocenters. The fourth-order valence-electron chi connectivity index (χ4n) is 3.62. The molecule has 1 aromatic heterocycles. The summed E-state index contributed by atoms with van der Waals surface area (Å²) in [5.74, 6) is -0.663.